The zero-order valence-electron chi connectivity index (χ0n) is 15.6. The third kappa shape index (κ3) is 4.93. The predicted molar refractivity (Wildman–Crippen MR) is 110 cm³/mol. The zero-order valence-corrected chi connectivity index (χ0v) is 17.2. The van der Waals surface area contributed by atoms with Gasteiger partial charge in [0, 0.05) is 17.0 Å². The lowest BCUT2D eigenvalue weighted by Gasteiger charge is -2.12. The molecule has 11 heteroatoms. The Bertz CT molecular complexity index is 1170. The van der Waals surface area contributed by atoms with Crippen molar-refractivity contribution in [3.8, 4) is 5.75 Å². The fourth-order valence-electron chi connectivity index (χ4n) is 2.47. The maximum absolute atomic E-state index is 12.7. The van der Waals surface area contributed by atoms with Gasteiger partial charge in [-0.3, -0.25) is 14.8 Å². The first-order valence-corrected chi connectivity index (χ1v) is 10.8. The fourth-order valence-corrected chi connectivity index (χ4v) is 4.26. The molecule has 3 aromatic rings. The number of ether oxygens (including phenoxy) is 2. The number of methoxy groups -OCH3 is 1. The van der Waals surface area contributed by atoms with Crippen molar-refractivity contribution in [1.29, 1.82) is 0 Å². The molecule has 0 spiro atoms. The van der Waals surface area contributed by atoms with Crippen LogP contribution in [0.15, 0.2) is 64.9 Å². The number of carbonyl (C=O) groups is 1. The summed E-state index contributed by atoms with van der Waals surface area (Å²) < 4.78 is 37.9. The second kappa shape index (κ2) is 8.93. The molecule has 0 radical (unpaired) electrons. The van der Waals surface area contributed by atoms with Crippen LogP contribution >= 0.6 is 11.3 Å². The Labute approximate surface area is 176 Å². The number of nitrogens with one attached hydrogen (secondary N) is 1. The molecule has 0 amide bonds. The highest BCUT2D eigenvalue weighted by Gasteiger charge is 2.20. The molecule has 9 nitrogen and oxygen atoms in total. The standard InChI is InChI=1S/C19H16N2O7S2/c1-27-14-6-8-15(9-7-14)30(25,26)20-17-5-3-2-4-16(17)19(22)28-11-13-10-18(21(23)24)29-12-13/h2-10,12,20H,11H2,1H3. The van der Waals surface area contributed by atoms with Crippen LogP contribution in [0.5, 0.6) is 5.75 Å². The molecule has 0 saturated carbocycles. The van der Waals surface area contributed by atoms with E-state index in [1.54, 1.807) is 12.1 Å². The predicted octanol–water partition coefficient (Wildman–Crippen LogP) is 3.82. The molecule has 2 aromatic carbocycles. The van der Waals surface area contributed by atoms with Gasteiger partial charge in [0.05, 0.1) is 28.2 Å². The van der Waals surface area contributed by atoms with Crippen LogP contribution in [-0.2, 0) is 21.4 Å². The summed E-state index contributed by atoms with van der Waals surface area (Å²) in [7, 11) is -2.48. The number of rotatable bonds is 8. The third-order valence-corrected chi connectivity index (χ3v) is 6.26. The number of hydrogen-bond acceptors (Lipinski definition) is 8. The van der Waals surface area contributed by atoms with Crippen LogP contribution in [0, 0.1) is 10.1 Å². The first-order chi connectivity index (χ1) is 14.3. The van der Waals surface area contributed by atoms with E-state index < -0.39 is 20.9 Å². The molecule has 0 aliphatic rings. The number of carbonyl (C=O) groups excluding carboxylic acids is 1. The lowest BCUT2D eigenvalue weighted by Crippen LogP contribution is -2.16. The van der Waals surface area contributed by atoms with E-state index >= 15 is 0 Å². The van der Waals surface area contributed by atoms with Crippen LogP contribution in [0.25, 0.3) is 0 Å². The van der Waals surface area contributed by atoms with E-state index in [0.717, 1.165) is 11.3 Å². The van der Waals surface area contributed by atoms with Crippen molar-refractivity contribution in [2.24, 2.45) is 0 Å². The molecular formula is C19H16N2O7S2. The highest BCUT2D eigenvalue weighted by molar-refractivity contribution is 7.92. The van der Waals surface area contributed by atoms with Crippen molar-refractivity contribution in [1.82, 2.24) is 0 Å². The van der Waals surface area contributed by atoms with Gasteiger partial charge < -0.3 is 9.47 Å². The number of sulfonamides is 1. The van der Waals surface area contributed by atoms with Gasteiger partial charge in [0.15, 0.2) is 0 Å². The normalized spacial score (nSPS) is 11.0. The van der Waals surface area contributed by atoms with Gasteiger partial charge in [-0.2, -0.15) is 0 Å². The number of esters is 1. The Balaban J connectivity index is 1.75. The highest BCUT2D eigenvalue weighted by atomic mass is 32.2. The summed E-state index contributed by atoms with van der Waals surface area (Å²) in [6.45, 7) is -0.178. The van der Waals surface area contributed by atoms with Crippen molar-refractivity contribution in [2.45, 2.75) is 11.5 Å². The maximum atomic E-state index is 12.7. The quantitative estimate of drug-likeness (QED) is 0.315. The molecule has 0 bridgehead atoms. The number of hydrogen-bond donors (Lipinski definition) is 1. The van der Waals surface area contributed by atoms with E-state index in [2.05, 4.69) is 4.72 Å². The number of benzene rings is 2. The largest absolute Gasteiger partial charge is 0.497 e. The minimum absolute atomic E-state index is 0.00273. The van der Waals surface area contributed by atoms with E-state index in [1.165, 1.54) is 55.0 Å². The van der Waals surface area contributed by atoms with Crippen molar-refractivity contribution in [2.75, 3.05) is 11.8 Å². The summed E-state index contributed by atoms with van der Waals surface area (Å²) in [6, 6.07) is 13.1. The highest BCUT2D eigenvalue weighted by Crippen LogP contribution is 2.25. The third-order valence-electron chi connectivity index (χ3n) is 3.95. The molecule has 156 valence electrons. The summed E-state index contributed by atoms with van der Waals surface area (Å²) in [5.74, 6) is -0.261. The van der Waals surface area contributed by atoms with Crippen molar-refractivity contribution in [3.63, 3.8) is 0 Å². The van der Waals surface area contributed by atoms with Crippen LogP contribution in [0.3, 0.4) is 0 Å². The summed E-state index contributed by atoms with van der Waals surface area (Å²) in [6.07, 6.45) is 0. The Hall–Kier alpha value is -3.44. The molecule has 1 heterocycles. The molecule has 0 unspecified atom stereocenters. The summed E-state index contributed by atoms with van der Waals surface area (Å²) in [5.41, 5.74) is 0.533. The lowest BCUT2D eigenvalue weighted by molar-refractivity contribution is -0.380. The molecule has 3 rings (SSSR count). The fraction of sp³-hybridized carbons (Fsp3) is 0.105. The van der Waals surface area contributed by atoms with Gasteiger partial charge in [-0.1, -0.05) is 23.5 Å². The molecular weight excluding hydrogens is 432 g/mol. The summed E-state index contributed by atoms with van der Waals surface area (Å²) >= 11 is 0.925. The first kappa shape index (κ1) is 21.3. The second-order valence-corrected chi connectivity index (χ2v) is 8.53. The SMILES string of the molecule is COc1ccc(S(=O)(=O)Nc2ccccc2C(=O)OCc2csc([N+](=O)[O-])c2)cc1. The molecule has 0 atom stereocenters. The number of anilines is 1. The topological polar surface area (TPSA) is 125 Å². The van der Waals surface area contributed by atoms with Crippen molar-refractivity contribution >= 4 is 38.0 Å². The molecule has 0 aliphatic heterocycles. The van der Waals surface area contributed by atoms with Crippen LogP contribution < -0.4 is 9.46 Å². The van der Waals surface area contributed by atoms with Gasteiger partial charge >= 0.3 is 11.0 Å². The average molecular weight is 448 g/mol. The molecule has 0 aliphatic carbocycles. The first-order valence-electron chi connectivity index (χ1n) is 8.45. The van der Waals surface area contributed by atoms with Crippen molar-refractivity contribution < 1.29 is 27.6 Å². The molecule has 0 fully saturated rings. The zero-order chi connectivity index (χ0) is 21.7. The number of nitrogens with zero attached hydrogens (tertiary/aromatic N) is 1. The van der Waals surface area contributed by atoms with Gasteiger partial charge in [0.1, 0.15) is 12.4 Å². The Kier molecular flexibility index (Phi) is 6.33. The van der Waals surface area contributed by atoms with Crippen LogP contribution in [-0.4, -0.2) is 26.4 Å². The summed E-state index contributed by atoms with van der Waals surface area (Å²) in [5, 5.41) is 12.2. The Morgan fingerprint density at radius 3 is 2.50 bits per heavy atom. The van der Waals surface area contributed by atoms with Crippen LogP contribution in [0.2, 0.25) is 0 Å². The number of nitro groups is 1. The molecule has 1 N–H and O–H groups in total. The van der Waals surface area contributed by atoms with E-state index in [-0.39, 0.29) is 27.8 Å². The number of para-hydroxylation sites is 1. The van der Waals surface area contributed by atoms with Gasteiger partial charge in [0.25, 0.3) is 10.0 Å². The van der Waals surface area contributed by atoms with E-state index in [1.807, 2.05) is 0 Å². The Morgan fingerprint density at radius 1 is 1.17 bits per heavy atom. The van der Waals surface area contributed by atoms with E-state index in [9.17, 15) is 23.3 Å². The summed E-state index contributed by atoms with van der Waals surface area (Å²) in [4.78, 5) is 22.7. The van der Waals surface area contributed by atoms with Gasteiger partial charge in [0.2, 0.25) is 0 Å². The smallest absolute Gasteiger partial charge is 0.340 e. The van der Waals surface area contributed by atoms with Gasteiger partial charge in [-0.05, 0) is 36.4 Å². The molecule has 0 saturated heterocycles. The second-order valence-electron chi connectivity index (χ2n) is 5.95. The van der Waals surface area contributed by atoms with Crippen molar-refractivity contribution in [3.05, 3.63) is 81.2 Å². The minimum Gasteiger partial charge on any atom is -0.497 e. The van der Waals surface area contributed by atoms with Gasteiger partial charge in [-0.25, -0.2) is 13.2 Å². The van der Waals surface area contributed by atoms with Crippen LogP contribution in [0.4, 0.5) is 10.7 Å². The average Bonchev–Trinajstić information content (AvgIpc) is 3.22. The molecule has 30 heavy (non-hydrogen) atoms. The monoisotopic (exact) mass is 448 g/mol. The minimum atomic E-state index is -3.95. The van der Waals surface area contributed by atoms with Gasteiger partial charge in [-0.15, -0.1) is 0 Å². The van der Waals surface area contributed by atoms with E-state index in [0.29, 0.717) is 11.3 Å². The Morgan fingerprint density at radius 2 is 1.87 bits per heavy atom. The lowest BCUT2D eigenvalue weighted by atomic mass is 10.2. The van der Waals surface area contributed by atoms with Crippen LogP contribution in [0.1, 0.15) is 15.9 Å². The number of thiophene rings is 1. The maximum Gasteiger partial charge on any atom is 0.340 e. The van der Waals surface area contributed by atoms with E-state index in [4.69, 9.17) is 9.47 Å². The molecule has 1 aromatic heterocycles.